The van der Waals surface area contributed by atoms with E-state index in [2.05, 4.69) is 125 Å². The second kappa shape index (κ2) is 11.4. The second-order valence-corrected chi connectivity index (χ2v) is 12.5. The third-order valence-corrected chi connectivity index (χ3v) is 9.59. The lowest BCUT2D eigenvalue weighted by atomic mass is 9.90. The van der Waals surface area contributed by atoms with Crippen LogP contribution in [0, 0.1) is 0 Å². The molecule has 3 heterocycles. The molecule has 0 aliphatic carbocycles. The van der Waals surface area contributed by atoms with E-state index < -0.39 is 0 Å². The van der Waals surface area contributed by atoms with Crippen LogP contribution < -0.4 is 4.90 Å². The molecule has 0 atom stereocenters. The zero-order valence-electron chi connectivity index (χ0n) is 27.0. The maximum atomic E-state index is 5.17. The highest BCUT2D eigenvalue weighted by molar-refractivity contribution is 6.21. The maximum Gasteiger partial charge on any atom is 0.238 e. The first-order chi connectivity index (χ1) is 24.8. The Kier molecular flexibility index (Phi) is 6.42. The van der Waals surface area contributed by atoms with Crippen molar-refractivity contribution in [3.63, 3.8) is 0 Å². The Labute approximate surface area is 289 Å². The SMILES string of the molecule is c1ccc(-c2nc(-c3ccccc3)nc(-n3c4ccccc4c4c5c(ccc43)-c3ccccc3N(c3ccccc3)c3ccccc3-5)n2)cc1. The lowest BCUT2D eigenvalue weighted by Crippen LogP contribution is -2.10. The summed E-state index contributed by atoms with van der Waals surface area (Å²) in [4.78, 5) is 17.7. The van der Waals surface area contributed by atoms with E-state index in [-0.39, 0.29) is 0 Å². The minimum Gasteiger partial charge on any atom is -0.309 e. The number of aromatic nitrogens is 4. The van der Waals surface area contributed by atoms with E-state index in [0.29, 0.717) is 17.6 Å². The summed E-state index contributed by atoms with van der Waals surface area (Å²) in [7, 11) is 0. The zero-order valence-corrected chi connectivity index (χ0v) is 27.0. The largest absolute Gasteiger partial charge is 0.309 e. The van der Waals surface area contributed by atoms with E-state index >= 15 is 0 Å². The lowest BCUT2D eigenvalue weighted by molar-refractivity contribution is 0.953. The molecule has 0 fully saturated rings. The van der Waals surface area contributed by atoms with Gasteiger partial charge in [0.2, 0.25) is 5.95 Å². The first-order valence-corrected chi connectivity index (χ1v) is 16.8. The van der Waals surface area contributed by atoms with Gasteiger partial charge < -0.3 is 4.90 Å². The predicted octanol–water partition coefficient (Wildman–Crippen LogP) is 11.4. The fraction of sp³-hybridized carbons (Fsp3) is 0. The Morgan fingerprint density at radius 3 is 1.60 bits per heavy atom. The van der Waals surface area contributed by atoms with Crippen LogP contribution in [0.5, 0.6) is 0 Å². The van der Waals surface area contributed by atoms with E-state index in [1.54, 1.807) is 0 Å². The van der Waals surface area contributed by atoms with Gasteiger partial charge in [-0.2, -0.15) is 9.97 Å². The molecule has 7 aromatic carbocycles. The van der Waals surface area contributed by atoms with E-state index in [4.69, 9.17) is 15.0 Å². The van der Waals surface area contributed by atoms with Crippen molar-refractivity contribution in [1.82, 2.24) is 19.5 Å². The first-order valence-electron chi connectivity index (χ1n) is 16.8. The number of hydrogen-bond donors (Lipinski definition) is 0. The number of nitrogens with zero attached hydrogens (tertiary/aromatic N) is 5. The van der Waals surface area contributed by atoms with Crippen LogP contribution in [0.25, 0.3) is 72.8 Å². The van der Waals surface area contributed by atoms with Gasteiger partial charge in [0.05, 0.1) is 22.4 Å². The van der Waals surface area contributed by atoms with Crippen molar-refractivity contribution in [2.24, 2.45) is 0 Å². The molecule has 10 rings (SSSR count). The molecule has 0 bridgehead atoms. The van der Waals surface area contributed by atoms with E-state index in [1.165, 1.54) is 22.3 Å². The van der Waals surface area contributed by atoms with E-state index in [0.717, 1.165) is 50.0 Å². The van der Waals surface area contributed by atoms with Crippen LogP contribution in [0.2, 0.25) is 0 Å². The van der Waals surface area contributed by atoms with Gasteiger partial charge in [-0.05, 0) is 42.0 Å². The second-order valence-electron chi connectivity index (χ2n) is 12.5. The van der Waals surface area contributed by atoms with Gasteiger partial charge in [0, 0.05) is 44.3 Å². The van der Waals surface area contributed by atoms with Crippen LogP contribution in [-0.4, -0.2) is 19.5 Å². The Balaban J connectivity index is 1.32. The molecule has 5 nitrogen and oxygen atoms in total. The lowest BCUT2D eigenvalue weighted by Gasteiger charge is -2.27. The standard InChI is InChI=1S/C45H29N5/c1-4-16-30(17-5-1)43-46-44(31-18-6-2-7-19-31)48-45(47-43)50-39-27-15-12-24-36(39)42-40(50)29-28-34-33-22-10-13-25-37(33)49(32-20-8-3-9-21-32)38-26-14-11-23-35(38)41(34)42/h1-29H. The minimum absolute atomic E-state index is 0.581. The van der Waals surface area contributed by atoms with Gasteiger partial charge in [-0.3, -0.25) is 4.57 Å². The number of rotatable bonds is 4. The molecule has 0 unspecified atom stereocenters. The van der Waals surface area contributed by atoms with Gasteiger partial charge in [-0.1, -0.05) is 140 Å². The Hall–Kier alpha value is -6.85. The summed E-state index contributed by atoms with van der Waals surface area (Å²) in [5.41, 5.74) is 12.1. The minimum atomic E-state index is 0.581. The van der Waals surface area contributed by atoms with Crippen LogP contribution in [0.1, 0.15) is 0 Å². The highest BCUT2D eigenvalue weighted by atomic mass is 15.2. The molecule has 0 spiro atoms. The topological polar surface area (TPSA) is 46.8 Å². The Bertz CT molecular complexity index is 2640. The van der Waals surface area contributed by atoms with Crippen LogP contribution >= 0.6 is 0 Å². The summed E-state index contributed by atoms with van der Waals surface area (Å²) in [6, 6.07) is 61.5. The van der Waals surface area contributed by atoms with E-state index in [9.17, 15) is 0 Å². The van der Waals surface area contributed by atoms with Crippen molar-refractivity contribution < 1.29 is 0 Å². The molecule has 0 saturated heterocycles. The summed E-state index contributed by atoms with van der Waals surface area (Å²) in [6.07, 6.45) is 0. The molecule has 2 aromatic heterocycles. The molecule has 234 valence electrons. The van der Waals surface area contributed by atoms with Gasteiger partial charge in [-0.15, -0.1) is 0 Å². The molecule has 5 heteroatoms. The van der Waals surface area contributed by atoms with Crippen LogP contribution in [0.3, 0.4) is 0 Å². The summed E-state index contributed by atoms with van der Waals surface area (Å²) in [6.45, 7) is 0. The van der Waals surface area contributed by atoms with Gasteiger partial charge in [0.1, 0.15) is 0 Å². The van der Waals surface area contributed by atoms with Gasteiger partial charge in [0.25, 0.3) is 0 Å². The molecule has 1 aliphatic heterocycles. The highest BCUT2D eigenvalue weighted by Crippen LogP contribution is 2.53. The maximum absolute atomic E-state index is 5.17. The average molecular weight is 640 g/mol. The third kappa shape index (κ3) is 4.37. The molecule has 1 aliphatic rings. The number of benzene rings is 7. The monoisotopic (exact) mass is 639 g/mol. The van der Waals surface area contributed by atoms with Gasteiger partial charge in [-0.25, -0.2) is 4.98 Å². The summed E-state index contributed by atoms with van der Waals surface area (Å²) < 4.78 is 2.21. The molecule has 0 N–H and O–H groups in total. The van der Waals surface area contributed by atoms with Gasteiger partial charge >= 0.3 is 0 Å². The molecular weight excluding hydrogens is 611 g/mol. The van der Waals surface area contributed by atoms with Crippen molar-refractivity contribution in [2.75, 3.05) is 4.90 Å². The highest BCUT2D eigenvalue weighted by Gasteiger charge is 2.29. The van der Waals surface area contributed by atoms with Crippen LogP contribution in [0.15, 0.2) is 176 Å². The first kappa shape index (κ1) is 28.2. The van der Waals surface area contributed by atoms with Crippen LogP contribution in [0.4, 0.5) is 17.1 Å². The fourth-order valence-electron chi connectivity index (χ4n) is 7.44. The normalized spacial score (nSPS) is 12.0. The third-order valence-electron chi connectivity index (χ3n) is 9.59. The summed E-state index contributed by atoms with van der Waals surface area (Å²) in [5, 5.41) is 2.31. The Morgan fingerprint density at radius 1 is 0.380 bits per heavy atom. The number of para-hydroxylation sites is 4. The van der Waals surface area contributed by atoms with Crippen molar-refractivity contribution in [2.45, 2.75) is 0 Å². The molecule has 0 saturated carbocycles. The Morgan fingerprint density at radius 2 is 0.920 bits per heavy atom. The van der Waals surface area contributed by atoms with E-state index in [1.807, 2.05) is 60.7 Å². The fourth-order valence-corrected chi connectivity index (χ4v) is 7.44. The predicted molar refractivity (Wildman–Crippen MR) is 204 cm³/mol. The number of anilines is 3. The molecule has 9 aromatic rings. The average Bonchev–Trinajstić information content (AvgIpc) is 3.47. The van der Waals surface area contributed by atoms with Crippen LogP contribution in [-0.2, 0) is 0 Å². The summed E-state index contributed by atoms with van der Waals surface area (Å²) >= 11 is 0. The zero-order chi connectivity index (χ0) is 33.0. The quantitative estimate of drug-likeness (QED) is 0.192. The molecule has 0 amide bonds. The smallest absolute Gasteiger partial charge is 0.238 e. The van der Waals surface area contributed by atoms with Crippen molar-refractivity contribution >= 4 is 38.9 Å². The van der Waals surface area contributed by atoms with Crippen molar-refractivity contribution in [1.29, 1.82) is 0 Å². The summed E-state index contributed by atoms with van der Waals surface area (Å²) in [5.74, 6) is 1.85. The molecule has 50 heavy (non-hydrogen) atoms. The number of hydrogen-bond acceptors (Lipinski definition) is 4. The van der Waals surface area contributed by atoms with Crippen molar-refractivity contribution in [3.05, 3.63) is 176 Å². The molecular formula is C45H29N5. The van der Waals surface area contributed by atoms with Gasteiger partial charge in [0.15, 0.2) is 11.6 Å². The van der Waals surface area contributed by atoms with Crippen molar-refractivity contribution in [3.8, 4) is 51.0 Å². The number of fused-ring (bicyclic) bond motifs is 9. The molecule has 0 radical (unpaired) electrons.